The zero-order valence-electron chi connectivity index (χ0n) is 21.3. The van der Waals surface area contributed by atoms with Gasteiger partial charge in [0.25, 0.3) is 0 Å². The number of sulfone groups is 1. The zero-order chi connectivity index (χ0) is 27.2. The van der Waals surface area contributed by atoms with E-state index >= 15 is 4.39 Å². The highest BCUT2D eigenvalue weighted by Crippen LogP contribution is 2.39. The molecule has 0 bridgehead atoms. The van der Waals surface area contributed by atoms with E-state index in [1.165, 1.54) is 19.6 Å². The minimum atomic E-state index is -3.28. The molecule has 0 unspecified atom stereocenters. The predicted molar refractivity (Wildman–Crippen MR) is 145 cm³/mol. The van der Waals surface area contributed by atoms with Crippen LogP contribution in [0.2, 0.25) is 0 Å². The Bertz CT molecular complexity index is 1680. The van der Waals surface area contributed by atoms with Gasteiger partial charge in [-0.05, 0) is 43.2 Å². The second-order valence-corrected chi connectivity index (χ2v) is 11.5. The van der Waals surface area contributed by atoms with Crippen molar-refractivity contribution in [1.82, 2.24) is 15.0 Å². The average Bonchev–Trinajstić information content (AvgIpc) is 2.90. The van der Waals surface area contributed by atoms with Crippen molar-refractivity contribution in [3.05, 3.63) is 53.6 Å². The van der Waals surface area contributed by atoms with Crippen molar-refractivity contribution in [3.63, 3.8) is 0 Å². The summed E-state index contributed by atoms with van der Waals surface area (Å²) in [5.41, 5.74) is 9.99. The number of aromatic nitrogens is 3. The number of rotatable bonds is 6. The highest BCUT2D eigenvalue weighted by atomic mass is 32.2. The average molecular weight is 539 g/mol. The van der Waals surface area contributed by atoms with Crippen LogP contribution < -0.4 is 25.8 Å². The molecule has 0 spiro atoms. The Morgan fingerprint density at radius 3 is 2.74 bits per heavy atom. The minimum absolute atomic E-state index is 0.0675. The van der Waals surface area contributed by atoms with E-state index in [0.29, 0.717) is 52.5 Å². The molecule has 198 valence electrons. The lowest BCUT2D eigenvalue weighted by molar-refractivity contribution is 0.310. The van der Waals surface area contributed by atoms with E-state index in [1.807, 2.05) is 6.92 Å². The topological polar surface area (TPSA) is 141 Å². The van der Waals surface area contributed by atoms with E-state index in [2.05, 4.69) is 25.6 Å². The molecule has 1 atom stereocenters. The van der Waals surface area contributed by atoms with Gasteiger partial charge in [-0.15, -0.1) is 0 Å². The number of nitrogens with zero attached hydrogens (tertiary/aromatic N) is 3. The second-order valence-electron chi connectivity index (χ2n) is 9.09. The zero-order valence-corrected chi connectivity index (χ0v) is 22.1. The Morgan fingerprint density at radius 1 is 1.21 bits per heavy atom. The normalized spacial score (nSPS) is 13.8. The fraction of sp³-hybridized carbons (Fsp3) is 0.269. The molecule has 0 radical (unpaired) electrons. The number of hydrogen-bond donors (Lipinski definition) is 3. The summed E-state index contributed by atoms with van der Waals surface area (Å²) in [6, 6.07) is 6.67. The number of benzene rings is 2. The fourth-order valence-corrected chi connectivity index (χ4v) is 5.00. The molecule has 0 amide bonds. The van der Waals surface area contributed by atoms with Crippen LogP contribution in [0.4, 0.5) is 27.4 Å². The first kappa shape index (κ1) is 25.5. The minimum Gasteiger partial charge on any atom is -0.495 e. The molecule has 12 heteroatoms. The maximum atomic E-state index is 15.4. The van der Waals surface area contributed by atoms with Gasteiger partial charge in [-0.1, -0.05) is 6.07 Å². The summed E-state index contributed by atoms with van der Waals surface area (Å²) in [6.45, 7) is 4.62. The quantitative estimate of drug-likeness (QED) is 0.303. The van der Waals surface area contributed by atoms with Crippen LogP contribution in [0.15, 0.2) is 36.7 Å². The molecule has 4 N–H and O–H groups in total. The van der Waals surface area contributed by atoms with Crippen molar-refractivity contribution in [3.8, 4) is 22.8 Å². The molecule has 5 rings (SSSR count). The van der Waals surface area contributed by atoms with Crippen LogP contribution in [0.5, 0.6) is 11.6 Å². The Labute approximate surface area is 219 Å². The van der Waals surface area contributed by atoms with Crippen LogP contribution in [0.1, 0.15) is 23.3 Å². The van der Waals surface area contributed by atoms with Crippen LogP contribution in [0, 0.1) is 12.7 Å². The number of nitrogens with two attached hydrogens (primary N) is 1. The van der Waals surface area contributed by atoms with E-state index in [-0.39, 0.29) is 17.2 Å². The van der Waals surface area contributed by atoms with Crippen LogP contribution in [0.3, 0.4) is 0 Å². The fourth-order valence-electron chi connectivity index (χ4n) is 4.36. The van der Waals surface area contributed by atoms with Gasteiger partial charge >= 0.3 is 0 Å². The van der Waals surface area contributed by atoms with Crippen molar-refractivity contribution < 1.29 is 22.3 Å². The molecule has 2 aromatic carbocycles. The first-order valence-electron chi connectivity index (χ1n) is 11.8. The van der Waals surface area contributed by atoms with E-state index in [1.54, 1.807) is 37.4 Å². The lowest BCUT2D eigenvalue weighted by Crippen LogP contribution is -2.20. The molecule has 2 aromatic heterocycles. The number of ether oxygens (including phenoxy) is 2. The maximum absolute atomic E-state index is 15.4. The van der Waals surface area contributed by atoms with Gasteiger partial charge in [0.05, 0.1) is 29.3 Å². The molecule has 3 heterocycles. The van der Waals surface area contributed by atoms with Gasteiger partial charge in [-0.25, -0.2) is 27.8 Å². The summed E-state index contributed by atoms with van der Waals surface area (Å²) < 4.78 is 50.4. The summed E-state index contributed by atoms with van der Waals surface area (Å²) >= 11 is 0. The molecule has 0 aliphatic carbocycles. The second kappa shape index (κ2) is 9.60. The van der Waals surface area contributed by atoms with Gasteiger partial charge < -0.3 is 25.8 Å². The van der Waals surface area contributed by atoms with Crippen LogP contribution in [0.25, 0.3) is 22.0 Å². The maximum Gasteiger partial charge on any atom is 0.237 e. The van der Waals surface area contributed by atoms with Gasteiger partial charge in [0.1, 0.15) is 18.0 Å². The Kier molecular flexibility index (Phi) is 6.43. The summed E-state index contributed by atoms with van der Waals surface area (Å²) in [7, 11) is -1.79. The number of anilines is 4. The number of nitrogens with one attached hydrogen (secondary N) is 2. The molecule has 1 aliphatic rings. The molecule has 1 aliphatic heterocycles. The smallest absolute Gasteiger partial charge is 0.237 e. The summed E-state index contributed by atoms with van der Waals surface area (Å²) in [4.78, 5) is 13.2. The third-order valence-corrected chi connectivity index (χ3v) is 8.24. The number of halogens is 1. The molecule has 4 aromatic rings. The number of nitrogen functional groups attached to an aromatic ring is 1. The van der Waals surface area contributed by atoms with Crippen molar-refractivity contribution in [1.29, 1.82) is 0 Å². The number of hydrogen-bond acceptors (Lipinski definition) is 10. The standard InChI is InChI=1S/C26H27FN6O4S/c1-13-17(11-30-25-24(13)29-7-8-37-25)16-10-20-18(23(28)22(16)27)12-31-26(33-20)32-19-6-5-15(9-21(19)36-3)14(2)38(4,34)35/h5-6,9-12,14,29H,7-8,28H2,1-4H3,(H,31,32,33)/t14-/m0/s1. The van der Waals surface area contributed by atoms with Crippen molar-refractivity contribution in [2.45, 2.75) is 19.1 Å². The summed E-state index contributed by atoms with van der Waals surface area (Å²) in [6.07, 6.45) is 4.20. The van der Waals surface area contributed by atoms with Gasteiger partial charge in [-0.3, -0.25) is 0 Å². The number of methoxy groups -OCH3 is 1. The molecular formula is C26H27FN6O4S. The Morgan fingerprint density at radius 2 is 2.00 bits per heavy atom. The van der Waals surface area contributed by atoms with Gasteiger partial charge in [-0.2, -0.15) is 0 Å². The van der Waals surface area contributed by atoms with Crippen molar-refractivity contribution in [2.24, 2.45) is 0 Å². The van der Waals surface area contributed by atoms with E-state index in [4.69, 9.17) is 15.2 Å². The SMILES string of the molecule is COc1cc([C@H](C)S(C)(=O)=O)ccc1Nc1ncc2c(N)c(F)c(-c3cnc4c(c3C)NCCO4)cc2n1. The molecule has 10 nitrogen and oxygen atoms in total. The molecule has 38 heavy (non-hydrogen) atoms. The van der Waals surface area contributed by atoms with Crippen molar-refractivity contribution >= 4 is 43.8 Å². The monoisotopic (exact) mass is 538 g/mol. The van der Waals surface area contributed by atoms with Gasteiger partial charge in [0.2, 0.25) is 11.8 Å². The van der Waals surface area contributed by atoms with Crippen LogP contribution in [-0.2, 0) is 9.84 Å². The van der Waals surface area contributed by atoms with Crippen molar-refractivity contribution in [2.75, 3.05) is 42.9 Å². The van der Waals surface area contributed by atoms with Crippen LogP contribution >= 0.6 is 0 Å². The van der Waals surface area contributed by atoms with Gasteiger partial charge in [0.15, 0.2) is 15.7 Å². The molecule has 0 fully saturated rings. The summed E-state index contributed by atoms with van der Waals surface area (Å²) in [5.74, 6) is 0.547. The summed E-state index contributed by atoms with van der Waals surface area (Å²) in [5, 5.41) is 6.03. The Balaban J connectivity index is 1.54. The predicted octanol–water partition coefficient (Wildman–Crippen LogP) is 4.38. The third kappa shape index (κ3) is 4.51. The van der Waals surface area contributed by atoms with E-state index in [9.17, 15) is 8.42 Å². The van der Waals surface area contributed by atoms with E-state index in [0.717, 1.165) is 11.3 Å². The first-order chi connectivity index (χ1) is 18.1. The molecule has 0 saturated carbocycles. The lowest BCUT2D eigenvalue weighted by atomic mass is 9.98. The van der Waals surface area contributed by atoms with Gasteiger partial charge in [0, 0.05) is 41.7 Å². The highest BCUT2D eigenvalue weighted by Gasteiger charge is 2.22. The highest BCUT2D eigenvalue weighted by molar-refractivity contribution is 7.90. The largest absolute Gasteiger partial charge is 0.495 e. The lowest BCUT2D eigenvalue weighted by Gasteiger charge is -2.22. The Hall–Kier alpha value is -4.19. The molecule has 0 saturated heterocycles. The van der Waals surface area contributed by atoms with E-state index < -0.39 is 20.9 Å². The number of fused-ring (bicyclic) bond motifs is 2. The number of pyridine rings is 1. The van der Waals surface area contributed by atoms with Crippen LogP contribution in [-0.4, -0.2) is 49.9 Å². The third-order valence-electron chi connectivity index (χ3n) is 6.68. The molecular weight excluding hydrogens is 511 g/mol. The first-order valence-corrected chi connectivity index (χ1v) is 13.8.